The van der Waals surface area contributed by atoms with Gasteiger partial charge in [-0.15, -0.1) is 0 Å². The summed E-state index contributed by atoms with van der Waals surface area (Å²) >= 11 is 0. The summed E-state index contributed by atoms with van der Waals surface area (Å²) in [5.41, 5.74) is 4.40. The molecule has 1 aromatic carbocycles. The standard InChI is InChI=1S/C17H19F3N2O3S/c1-3-13(17(18,19)20)10-14(4-2)26(24,25)22-15(11-16(21)23)12-8-6-5-7-9-12/h3-10,15,22H,1,11H2,2H3,(H2,21,23)/b13-10-,14-4?. The van der Waals surface area contributed by atoms with Gasteiger partial charge in [0.25, 0.3) is 0 Å². The van der Waals surface area contributed by atoms with E-state index in [2.05, 4.69) is 11.3 Å². The van der Waals surface area contributed by atoms with Crippen molar-refractivity contribution in [2.45, 2.75) is 25.6 Å². The maximum atomic E-state index is 12.9. The van der Waals surface area contributed by atoms with Crippen LogP contribution in [0.25, 0.3) is 0 Å². The van der Waals surface area contributed by atoms with E-state index in [0.29, 0.717) is 17.7 Å². The number of alkyl halides is 3. The van der Waals surface area contributed by atoms with Gasteiger partial charge in [0.05, 0.1) is 16.5 Å². The van der Waals surface area contributed by atoms with Crippen LogP contribution in [0.3, 0.4) is 0 Å². The molecule has 0 aliphatic carbocycles. The van der Waals surface area contributed by atoms with Crippen LogP contribution in [0.1, 0.15) is 24.9 Å². The van der Waals surface area contributed by atoms with E-state index in [4.69, 9.17) is 5.73 Å². The first-order valence-electron chi connectivity index (χ1n) is 7.44. The third kappa shape index (κ3) is 6.16. The minimum atomic E-state index is -4.75. The largest absolute Gasteiger partial charge is 0.416 e. The second kappa shape index (κ2) is 8.81. The van der Waals surface area contributed by atoms with Gasteiger partial charge in [-0.2, -0.15) is 13.2 Å². The van der Waals surface area contributed by atoms with Crippen LogP contribution < -0.4 is 10.5 Å². The summed E-state index contributed by atoms with van der Waals surface area (Å²) < 4.78 is 65.9. The number of carbonyl (C=O) groups is 1. The van der Waals surface area contributed by atoms with Crippen molar-refractivity contribution in [3.05, 3.63) is 71.2 Å². The van der Waals surface area contributed by atoms with Gasteiger partial charge in [-0.3, -0.25) is 4.79 Å². The first kappa shape index (κ1) is 21.7. The van der Waals surface area contributed by atoms with Crippen molar-refractivity contribution in [1.29, 1.82) is 0 Å². The van der Waals surface area contributed by atoms with E-state index >= 15 is 0 Å². The summed E-state index contributed by atoms with van der Waals surface area (Å²) in [5.74, 6) is -0.763. The number of sulfonamides is 1. The van der Waals surface area contributed by atoms with Crippen molar-refractivity contribution < 1.29 is 26.4 Å². The molecule has 0 saturated carbocycles. The van der Waals surface area contributed by atoms with E-state index in [0.717, 1.165) is 6.08 Å². The summed E-state index contributed by atoms with van der Waals surface area (Å²) in [5, 5.41) is 0. The zero-order valence-corrected chi connectivity index (χ0v) is 14.8. The molecular weight excluding hydrogens is 369 g/mol. The number of amides is 1. The predicted molar refractivity (Wildman–Crippen MR) is 93.1 cm³/mol. The molecule has 0 aliphatic heterocycles. The van der Waals surface area contributed by atoms with Gasteiger partial charge in [-0.1, -0.05) is 49.1 Å². The van der Waals surface area contributed by atoms with Crippen LogP contribution in [0, 0.1) is 0 Å². The average molecular weight is 388 g/mol. The molecule has 0 fully saturated rings. The summed E-state index contributed by atoms with van der Waals surface area (Å²) in [6.07, 6.45) is -3.09. The highest BCUT2D eigenvalue weighted by Gasteiger charge is 2.33. The molecule has 0 saturated heterocycles. The maximum absolute atomic E-state index is 12.9. The molecule has 1 amide bonds. The smallest absolute Gasteiger partial charge is 0.370 e. The number of halogens is 3. The first-order valence-corrected chi connectivity index (χ1v) is 8.92. The number of allylic oxidation sites excluding steroid dienone is 4. The molecule has 142 valence electrons. The van der Waals surface area contributed by atoms with E-state index in [9.17, 15) is 26.4 Å². The van der Waals surface area contributed by atoms with Crippen molar-refractivity contribution in [3.8, 4) is 0 Å². The minimum Gasteiger partial charge on any atom is -0.370 e. The van der Waals surface area contributed by atoms with Crippen LogP contribution in [0.4, 0.5) is 13.2 Å². The van der Waals surface area contributed by atoms with Gasteiger partial charge in [0.2, 0.25) is 15.9 Å². The second-order valence-electron chi connectivity index (χ2n) is 5.25. The summed E-state index contributed by atoms with van der Waals surface area (Å²) in [6, 6.07) is 7.10. The number of hydrogen-bond acceptors (Lipinski definition) is 3. The molecule has 1 atom stereocenters. The Morgan fingerprint density at radius 3 is 2.31 bits per heavy atom. The molecule has 3 N–H and O–H groups in total. The Labute approximate surface area is 150 Å². The highest BCUT2D eigenvalue weighted by molar-refractivity contribution is 7.93. The molecule has 26 heavy (non-hydrogen) atoms. The number of rotatable bonds is 8. The highest BCUT2D eigenvalue weighted by Crippen LogP contribution is 2.29. The summed E-state index contributed by atoms with van der Waals surface area (Å²) in [6.45, 7) is 4.34. The fourth-order valence-corrected chi connectivity index (χ4v) is 3.42. The Morgan fingerprint density at radius 2 is 1.88 bits per heavy atom. The van der Waals surface area contributed by atoms with Crippen LogP contribution in [0.2, 0.25) is 0 Å². The zero-order valence-electron chi connectivity index (χ0n) is 14.0. The zero-order chi connectivity index (χ0) is 20.0. The van der Waals surface area contributed by atoms with Crippen molar-refractivity contribution >= 4 is 15.9 Å². The summed E-state index contributed by atoms with van der Waals surface area (Å²) in [4.78, 5) is 10.7. The SMILES string of the molecule is C=C/C(=C/C(=CC)S(=O)(=O)NC(CC(N)=O)c1ccccc1)C(F)(F)F. The van der Waals surface area contributed by atoms with Gasteiger partial charge in [0.15, 0.2) is 0 Å². The van der Waals surface area contributed by atoms with Crippen LogP contribution in [-0.4, -0.2) is 20.5 Å². The second-order valence-corrected chi connectivity index (χ2v) is 6.96. The third-order valence-corrected chi connectivity index (χ3v) is 4.91. The van der Waals surface area contributed by atoms with Gasteiger partial charge < -0.3 is 5.73 Å². The summed E-state index contributed by atoms with van der Waals surface area (Å²) in [7, 11) is -4.35. The van der Waals surface area contributed by atoms with Crippen LogP contribution >= 0.6 is 0 Å². The van der Waals surface area contributed by atoms with Gasteiger partial charge in [-0.25, -0.2) is 13.1 Å². The Balaban J connectivity index is 3.26. The number of carbonyl (C=O) groups excluding carboxylic acids is 1. The van der Waals surface area contributed by atoms with E-state index in [-0.39, 0.29) is 6.42 Å². The molecule has 0 radical (unpaired) electrons. The van der Waals surface area contributed by atoms with Crippen LogP contribution in [-0.2, 0) is 14.8 Å². The number of nitrogens with two attached hydrogens (primary N) is 1. The fourth-order valence-electron chi connectivity index (χ4n) is 2.10. The molecule has 0 heterocycles. The van der Waals surface area contributed by atoms with Gasteiger partial charge >= 0.3 is 6.18 Å². The maximum Gasteiger partial charge on any atom is 0.416 e. The lowest BCUT2D eigenvalue weighted by atomic mass is 10.1. The molecule has 1 aromatic rings. The van der Waals surface area contributed by atoms with E-state index in [1.54, 1.807) is 30.3 Å². The number of benzene rings is 1. The monoisotopic (exact) mass is 388 g/mol. The first-order chi connectivity index (χ1) is 12.0. The van der Waals surface area contributed by atoms with E-state index in [1.807, 2.05) is 0 Å². The molecule has 1 rings (SSSR count). The Morgan fingerprint density at radius 1 is 1.31 bits per heavy atom. The molecular formula is C17H19F3N2O3S. The Bertz CT molecular complexity index is 813. The molecule has 0 spiro atoms. The lowest BCUT2D eigenvalue weighted by Gasteiger charge is -2.19. The molecule has 0 aliphatic rings. The Kier molecular flexibility index (Phi) is 7.34. The lowest BCUT2D eigenvalue weighted by molar-refractivity contribution is -0.118. The van der Waals surface area contributed by atoms with Crippen LogP contribution in [0.5, 0.6) is 0 Å². The Hall–Kier alpha value is -2.39. The van der Waals surface area contributed by atoms with Crippen molar-refractivity contribution in [2.75, 3.05) is 0 Å². The van der Waals surface area contributed by atoms with E-state index in [1.165, 1.54) is 6.92 Å². The van der Waals surface area contributed by atoms with Gasteiger partial charge in [-0.05, 0) is 18.6 Å². The van der Waals surface area contributed by atoms with Crippen molar-refractivity contribution in [3.63, 3.8) is 0 Å². The number of hydrogen-bond donors (Lipinski definition) is 2. The topological polar surface area (TPSA) is 89.3 Å². The molecule has 9 heteroatoms. The molecule has 0 aromatic heterocycles. The van der Waals surface area contributed by atoms with E-state index < -0.39 is 38.6 Å². The third-order valence-electron chi connectivity index (χ3n) is 3.34. The lowest BCUT2D eigenvalue weighted by Crippen LogP contribution is -2.32. The quantitative estimate of drug-likeness (QED) is 0.671. The van der Waals surface area contributed by atoms with Crippen molar-refractivity contribution in [1.82, 2.24) is 4.72 Å². The molecule has 5 nitrogen and oxygen atoms in total. The number of nitrogens with one attached hydrogen (secondary N) is 1. The average Bonchev–Trinajstić information content (AvgIpc) is 2.53. The highest BCUT2D eigenvalue weighted by atomic mass is 32.2. The van der Waals surface area contributed by atoms with Crippen LogP contribution in [0.15, 0.2) is 65.6 Å². The van der Waals surface area contributed by atoms with Crippen molar-refractivity contribution in [2.24, 2.45) is 5.73 Å². The minimum absolute atomic E-state index is 0.350. The normalized spacial score (nSPS) is 14.8. The van der Waals surface area contributed by atoms with Gasteiger partial charge in [0, 0.05) is 6.42 Å². The van der Waals surface area contributed by atoms with Gasteiger partial charge in [0.1, 0.15) is 0 Å². The molecule has 1 unspecified atom stereocenters. The predicted octanol–water partition coefficient (Wildman–Crippen LogP) is 3.10. The molecule has 0 bridgehead atoms. The fraction of sp³-hybridized carbons (Fsp3) is 0.235. The number of primary amides is 1.